The van der Waals surface area contributed by atoms with Crippen molar-refractivity contribution in [2.24, 2.45) is 5.92 Å². The fraction of sp³-hybridized carbons (Fsp3) is 0.857. The molecule has 0 aromatic rings. The molecule has 62 valence electrons. The van der Waals surface area contributed by atoms with Gasteiger partial charge in [-0.15, -0.1) is 0 Å². The normalized spacial score (nSPS) is 11.2. The van der Waals surface area contributed by atoms with Gasteiger partial charge in [-0.25, -0.2) is 0 Å². The lowest BCUT2D eigenvalue weighted by Gasteiger charge is -1.98. The molecular weight excluding hydrogens is 132 g/mol. The van der Waals surface area contributed by atoms with Crippen LogP contribution in [0.25, 0.3) is 0 Å². The molecule has 0 spiro atoms. The van der Waals surface area contributed by atoms with Crippen molar-refractivity contribution in [2.45, 2.75) is 27.2 Å². The molecular formula is C7H16O3. The zero-order chi connectivity index (χ0) is 8.57. The van der Waals surface area contributed by atoms with Gasteiger partial charge in [0, 0.05) is 13.5 Å². The van der Waals surface area contributed by atoms with Crippen LogP contribution in [0.4, 0.5) is 0 Å². The Kier molecular flexibility index (Phi) is 10.2. The minimum Gasteiger partial charge on any atom is -0.481 e. The summed E-state index contributed by atoms with van der Waals surface area (Å²) in [6.45, 7) is 5.51. The van der Waals surface area contributed by atoms with Gasteiger partial charge in [-0.2, -0.15) is 0 Å². The summed E-state index contributed by atoms with van der Waals surface area (Å²) in [5.74, 6) is -0.343. The van der Waals surface area contributed by atoms with Gasteiger partial charge >= 0.3 is 0 Å². The molecule has 1 atom stereocenters. The van der Waals surface area contributed by atoms with Gasteiger partial charge in [0.1, 0.15) is 0 Å². The van der Waals surface area contributed by atoms with E-state index >= 15 is 0 Å². The highest BCUT2D eigenvalue weighted by Crippen LogP contribution is 1.95. The van der Waals surface area contributed by atoms with E-state index in [1.54, 1.807) is 0 Å². The van der Waals surface area contributed by atoms with Gasteiger partial charge in [-0.05, 0) is 5.92 Å². The molecule has 0 heterocycles. The summed E-state index contributed by atoms with van der Waals surface area (Å²) >= 11 is 0. The van der Waals surface area contributed by atoms with Crippen LogP contribution in [-0.4, -0.2) is 22.8 Å². The minimum absolute atomic E-state index is 0.330. The molecule has 3 nitrogen and oxygen atoms in total. The highest BCUT2D eigenvalue weighted by molar-refractivity contribution is 5.62. The Morgan fingerprint density at radius 1 is 1.60 bits per heavy atom. The molecule has 0 aromatic heterocycles. The first-order valence-electron chi connectivity index (χ1n) is 3.34. The smallest absolute Gasteiger partial charge is 0.300 e. The third-order valence-corrected chi connectivity index (χ3v) is 1.01. The largest absolute Gasteiger partial charge is 0.481 e. The van der Waals surface area contributed by atoms with Gasteiger partial charge in [0.05, 0.1) is 0 Å². The van der Waals surface area contributed by atoms with E-state index in [0.717, 1.165) is 13.3 Å². The number of rotatable bonds is 2. The number of aliphatic carboxylic acids is 1. The number of aliphatic hydroxyl groups is 1. The Bertz CT molecular complexity index is 72.9. The Morgan fingerprint density at radius 2 is 1.90 bits per heavy atom. The average molecular weight is 148 g/mol. The van der Waals surface area contributed by atoms with E-state index in [0.29, 0.717) is 12.5 Å². The monoisotopic (exact) mass is 148 g/mol. The van der Waals surface area contributed by atoms with E-state index < -0.39 is 5.97 Å². The lowest BCUT2D eigenvalue weighted by molar-refractivity contribution is -0.134. The van der Waals surface area contributed by atoms with Gasteiger partial charge in [-0.3, -0.25) is 4.79 Å². The zero-order valence-corrected chi connectivity index (χ0v) is 6.79. The molecule has 0 saturated heterocycles. The van der Waals surface area contributed by atoms with Crippen LogP contribution in [0.2, 0.25) is 0 Å². The SMILES string of the molecule is CC(=O)O.CC[C@H](C)CO. The third-order valence-electron chi connectivity index (χ3n) is 1.01. The maximum Gasteiger partial charge on any atom is 0.300 e. The summed E-state index contributed by atoms with van der Waals surface area (Å²) in [5, 5.41) is 15.8. The van der Waals surface area contributed by atoms with Crippen LogP contribution in [0.5, 0.6) is 0 Å². The van der Waals surface area contributed by atoms with Crippen LogP contribution in [-0.2, 0) is 4.79 Å². The molecule has 0 radical (unpaired) electrons. The Balaban J connectivity index is 0. The van der Waals surface area contributed by atoms with Gasteiger partial charge in [0.15, 0.2) is 0 Å². The predicted molar refractivity (Wildman–Crippen MR) is 39.9 cm³/mol. The van der Waals surface area contributed by atoms with Crippen LogP contribution in [0.1, 0.15) is 27.2 Å². The number of hydrogen-bond donors (Lipinski definition) is 2. The fourth-order valence-electron chi connectivity index (χ4n) is 0.129. The van der Waals surface area contributed by atoms with Crippen molar-refractivity contribution >= 4 is 5.97 Å². The summed E-state index contributed by atoms with van der Waals surface area (Å²) in [5.41, 5.74) is 0. The van der Waals surface area contributed by atoms with Crippen molar-refractivity contribution in [1.29, 1.82) is 0 Å². The number of carboxylic acids is 1. The summed E-state index contributed by atoms with van der Waals surface area (Å²) in [4.78, 5) is 9.00. The first-order chi connectivity index (χ1) is 4.54. The van der Waals surface area contributed by atoms with E-state index in [2.05, 4.69) is 6.92 Å². The molecule has 10 heavy (non-hydrogen) atoms. The number of hydrogen-bond acceptors (Lipinski definition) is 2. The van der Waals surface area contributed by atoms with Gasteiger partial charge in [0.25, 0.3) is 5.97 Å². The quantitative estimate of drug-likeness (QED) is 0.616. The lowest BCUT2D eigenvalue weighted by Crippen LogP contribution is -1.96. The average Bonchev–Trinajstić information content (AvgIpc) is 1.85. The van der Waals surface area contributed by atoms with E-state index in [4.69, 9.17) is 15.0 Å². The number of aliphatic hydroxyl groups excluding tert-OH is 1. The van der Waals surface area contributed by atoms with E-state index in [9.17, 15) is 0 Å². The number of carboxylic acid groups (broad SMARTS) is 1. The molecule has 0 amide bonds. The summed E-state index contributed by atoms with van der Waals surface area (Å²) in [6.07, 6.45) is 1.08. The molecule has 2 N–H and O–H groups in total. The Labute approximate surface area is 61.7 Å². The maximum absolute atomic E-state index is 9.00. The highest BCUT2D eigenvalue weighted by Gasteiger charge is 1.90. The van der Waals surface area contributed by atoms with E-state index in [1.165, 1.54) is 0 Å². The first-order valence-corrected chi connectivity index (χ1v) is 3.34. The molecule has 0 aliphatic carbocycles. The van der Waals surface area contributed by atoms with Crippen molar-refractivity contribution in [3.05, 3.63) is 0 Å². The lowest BCUT2D eigenvalue weighted by atomic mass is 10.1. The molecule has 3 heteroatoms. The summed E-state index contributed by atoms with van der Waals surface area (Å²) in [7, 11) is 0. The molecule has 0 aromatic carbocycles. The second-order valence-electron chi connectivity index (χ2n) is 2.22. The maximum atomic E-state index is 9.00. The van der Waals surface area contributed by atoms with Gasteiger partial charge < -0.3 is 10.2 Å². The van der Waals surface area contributed by atoms with Crippen molar-refractivity contribution < 1.29 is 15.0 Å². The predicted octanol–water partition coefficient (Wildman–Crippen LogP) is 1.12. The van der Waals surface area contributed by atoms with Crippen molar-refractivity contribution in [1.82, 2.24) is 0 Å². The van der Waals surface area contributed by atoms with E-state index in [1.807, 2.05) is 6.92 Å². The van der Waals surface area contributed by atoms with E-state index in [-0.39, 0.29) is 0 Å². The molecule has 0 unspecified atom stereocenters. The van der Waals surface area contributed by atoms with Crippen molar-refractivity contribution in [3.8, 4) is 0 Å². The van der Waals surface area contributed by atoms with Gasteiger partial charge in [-0.1, -0.05) is 20.3 Å². The molecule has 0 saturated carbocycles. The molecule has 0 aliphatic heterocycles. The molecule has 0 fully saturated rings. The van der Waals surface area contributed by atoms with Crippen LogP contribution < -0.4 is 0 Å². The fourth-order valence-corrected chi connectivity index (χ4v) is 0.129. The second kappa shape index (κ2) is 8.43. The second-order valence-corrected chi connectivity index (χ2v) is 2.22. The molecule has 0 bridgehead atoms. The molecule has 0 rings (SSSR count). The highest BCUT2D eigenvalue weighted by atomic mass is 16.4. The minimum atomic E-state index is -0.833. The topological polar surface area (TPSA) is 57.5 Å². The third kappa shape index (κ3) is 26.1. The van der Waals surface area contributed by atoms with Crippen LogP contribution in [0.15, 0.2) is 0 Å². The van der Waals surface area contributed by atoms with Crippen LogP contribution in [0, 0.1) is 5.92 Å². The van der Waals surface area contributed by atoms with Crippen LogP contribution in [0.3, 0.4) is 0 Å². The van der Waals surface area contributed by atoms with Crippen molar-refractivity contribution in [3.63, 3.8) is 0 Å². The number of carbonyl (C=O) groups is 1. The zero-order valence-electron chi connectivity index (χ0n) is 6.79. The van der Waals surface area contributed by atoms with Crippen molar-refractivity contribution in [2.75, 3.05) is 6.61 Å². The Hall–Kier alpha value is -0.570. The Morgan fingerprint density at radius 3 is 1.90 bits per heavy atom. The van der Waals surface area contributed by atoms with Gasteiger partial charge in [0.2, 0.25) is 0 Å². The summed E-state index contributed by atoms with van der Waals surface area (Å²) in [6, 6.07) is 0. The molecule has 0 aliphatic rings. The first kappa shape index (κ1) is 12.1. The standard InChI is InChI=1S/C5H12O.C2H4O2/c1-3-5(2)4-6;1-2(3)4/h5-6H,3-4H2,1-2H3;1H3,(H,3,4)/t5-;/m0./s1. The van der Waals surface area contributed by atoms with Crippen LogP contribution >= 0.6 is 0 Å². The summed E-state index contributed by atoms with van der Waals surface area (Å²) < 4.78 is 0.